The zero-order valence-corrected chi connectivity index (χ0v) is 17.4. The molecular formula is C23H19ClN4O3. The summed E-state index contributed by atoms with van der Waals surface area (Å²) in [5.41, 5.74) is 2.15. The topological polar surface area (TPSA) is 84.6 Å². The van der Waals surface area contributed by atoms with Crippen molar-refractivity contribution in [2.45, 2.75) is 13.5 Å². The van der Waals surface area contributed by atoms with Crippen molar-refractivity contribution < 1.29 is 9.15 Å². The summed E-state index contributed by atoms with van der Waals surface area (Å²) in [6.07, 6.45) is 3.38. The van der Waals surface area contributed by atoms with Crippen LogP contribution in [-0.2, 0) is 6.54 Å². The SMILES string of the molecule is CCOc1ccc2[nH]c(=O)c(-c3nc4ccc(Cl)cn4c3NCc3ccco3)cc2c1. The van der Waals surface area contributed by atoms with Crippen molar-refractivity contribution in [1.29, 1.82) is 0 Å². The van der Waals surface area contributed by atoms with Gasteiger partial charge >= 0.3 is 0 Å². The van der Waals surface area contributed by atoms with E-state index in [4.69, 9.17) is 25.7 Å². The second-order valence-electron chi connectivity index (χ2n) is 7.01. The predicted molar refractivity (Wildman–Crippen MR) is 121 cm³/mol. The molecule has 0 aliphatic heterocycles. The monoisotopic (exact) mass is 434 g/mol. The van der Waals surface area contributed by atoms with Crippen molar-refractivity contribution in [3.63, 3.8) is 0 Å². The molecule has 0 atom stereocenters. The Morgan fingerprint density at radius 1 is 1.23 bits per heavy atom. The highest BCUT2D eigenvalue weighted by Crippen LogP contribution is 2.30. The van der Waals surface area contributed by atoms with Crippen molar-refractivity contribution in [1.82, 2.24) is 14.4 Å². The second kappa shape index (κ2) is 7.85. The van der Waals surface area contributed by atoms with Gasteiger partial charge < -0.3 is 19.5 Å². The summed E-state index contributed by atoms with van der Waals surface area (Å²) in [6, 6.07) is 14.7. The molecule has 0 amide bonds. The van der Waals surface area contributed by atoms with Crippen LogP contribution in [0, 0.1) is 0 Å². The average Bonchev–Trinajstić information content (AvgIpc) is 3.40. The molecule has 5 rings (SSSR count). The lowest BCUT2D eigenvalue weighted by Crippen LogP contribution is -2.11. The molecule has 0 aliphatic carbocycles. The third-order valence-corrected chi connectivity index (χ3v) is 5.20. The Labute approximate surface area is 182 Å². The van der Waals surface area contributed by atoms with Gasteiger partial charge in [0.2, 0.25) is 0 Å². The number of aromatic nitrogens is 3. The Morgan fingerprint density at radius 2 is 2.13 bits per heavy atom. The van der Waals surface area contributed by atoms with Crippen molar-refractivity contribution in [2.75, 3.05) is 11.9 Å². The van der Waals surface area contributed by atoms with E-state index in [-0.39, 0.29) is 5.56 Å². The molecule has 5 aromatic rings. The van der Waals surface area contributed by atoms with E-state index in [0.29, 0.717) is 40.9 Å². The summed E-state index contributed by atoms with van der Waals surface area (Å²) < 4.78 is 12.9. The summed E-state index contributed by atoms with van der Waals surface area (Å²) in [5.74, 6) is 2.15. The number of nitrogens with one attached hydrogen (secondary N) is 2. The molecule has 31 heavy (non-hydrogen) atoms. The summed E-state index contributed by atoms with van der Waals surface area (Å²) in [7, 11) is 0. The molecule has 0 saturated heterocycles. The molecule has 0 spiro atoms. The van der Waals surface area contributed by atoms with Gasteiger partial charge in [-0.15, -0.1) is 0 Å². The number of anilines is 1. The molecule has 0 saturated carbocycles. The number of fused-ring (bicyclic) bond motifs is 2. The van der Waals surface area contributed by atoms with E-state index in [1.807, 2.05) is 53.8 Å². The number of halogens is 1. The minimum absolute atomic E-state index is 0.229. The fourth-order valence-corrected chi connectivity index (χ4v) is 3.74. The normalized spacial score (nSPS) is 11.3. The molecule has 0 unspecified atom stereocenters. The van der Waals surface area contributed by atoms with Gasteiger partial charge in [-0.2, -0.15) is 0 Å². The smallest absolute Gasteiger partial charge is 0.258 e. The number of imidazole rings is 1. The highest BCUT2D eigenvalue weighted by Gasteiger charge is 2.18. The lowest BCUT2D eigenvalue weighted by molar-refractivity contribution is 0.340. The van der Waals surface area contributed by atoms with Crippen LogP contribution in [-0.4, -0.2) is 21.0 Å². The van der Waals surface area contributed by atoms with Crippen molar-refractivity contribution >= 4 is 34.0 Å². The van der Waals surface area contributed by atoms with E-state index in [1.165, 1.54) is 0 Å². The first kappa shape index (κ1) is 19.3. The number of benzene rings is 1. The molecule has 8 heteroatoms. The van der Waals surface area contributed by atoms with Gasteiger partial charge in [-0.3, -0.25) is 9.20 Å². The number of hydrogen-bond donors (Lipinski definition) is 2. The highest BCUT2D eigenvalue weighted by atomic mass is 35.5. The predicted octanol–water partition coefficient (Wildman–Crippen LogP) is 5.10. The van der Waals surface area contributed by atoms with Gasteiger partial charge in [0.05, 0.1) is 30.0 Å². The fraction of sp³-hybridized carbons (Fsp3) is 0.130. The van der Waals surface area contributed by atoms with E-state index in [9.17, 15) is 4.79 Å². The molecule has 1 aromatic carbocycles. The van der Waals surface area contributed by atoms with E-state index in [1.54, 1.807) is 18.5 Å². The first-order chi connectivity index (χ1) is 15.1. The molecule has 7 nitrogen and oxygen atoms in total. The van der Waals surface area contributed by atoms with E-state index >= 15 is 0 Å². The molecule has 0 bridgehead atoms. The number of furan rings is 1. The maximum Gasteiger partial charge on any atom is 0.258 e. The highest BCUT2D eigenvalue weighted by molar-refractivity contribution is 6.30. The maximum absolute atomic E-state index is 13.0. The molecule has 0 fully saturated rings. The number of H-pyrrole nitrogens is 1. The Balaban J connectivity index is 1.67. The quantitative estimate of drug-likeness (QED) is 0.388. The van der Waals surface area contributed by atoms with E-state index in [2.05, 4.69) is 10.3 Å². The molecule has 4 heterocycles. The third-order valence-electron chi connectivity index (χ3n) is 4.97. The third kappa shape index (κ3) is 3.64. The van der Waals surface area contributed by atoms with Crippen molar-refractivity contribution in [3.8, 4) is 17.0 Å². The molecule has 4 aromatic heterocycles. The summed E-state index contributed by atoms with van der Waals surface area (Å²) >= 11 is 6.23. The molecule has 2 N–H and O–H groups in total. The van der Waals surface area contributed by atoms with Gasteiger partial charge in [-0.1, -0.05) is 11.6 Å². The van der Waals surface area contributed by atoms with E-state index < -0.39 is 0 Å². The number of pyridine rings is 2. The van der Waals surface area contributed by atoms with Crippen LogP contribution in [0.3, 0.4) is 0 Å². The van der Waals surface area contributed by atoms with Gasteiger partial charge in [0.15, 0.2) is 0 Å². The first-order valence-electron chi connectivity index (χ1n) is 9.86. The van der Waals surface area contributed by atoms with Crippen LogP contribution >= 0.6 is 11.6 Å². The van der Waals surface area contributed by atoms with Gasteiger partial charge in [-0.25, -0.2) is 4.98 Å². The average molecular weight is 435 g/mol. The van der Waals surface area contributed by atoms with Crippen LogP contribution in [0.5, 0.6) is 5.75 Å². The lowest BCUT2D eigenvalue weighted by Gasteiger charge is -2.09. The van der Waals surface area contributed by atoms with Crippen LogP contribution in [0.2, 0.25) is 5.02 Å². The number of hydrogen-bond acceptors (Lipinski definition) is 5. The summed E-state index contributed by atoms with van der Waals surface area (Å²) in [5, 5.41) is 4.76. The molecule has 0 radical (unpaired) electrons. The largest absolute Gasteiger partial charge is 0.494 e. The van der Waals surface area contributed by atoms with Gasteiger partial charge in [-0.05, 0) is 55.5 Å². The summed E-state index contributed by atoms with van der Waals surface area (Å²) in [6.45, 7) is 2.93. The molecule has 0 aliphatic rings. The van der Waals surface area contributed by atoms with Crippen molar-refractivity contribution in [2.24, 2.45) is 0 Å². The minimum Gasteiger partial charge on any atom is -0.494 e. The Kier molecular flexibility index (Phi) is 4.88. The van der Waals surface area contributed by atoms with Crippen LogP contribution < -0.4 is 15.6 Å². The second-order valence-corrected chi connectivity index (χ2v) is 7.45. The number of aromatic amines is 1. The van der Waals surface area contributed by atoms with E-state index in [0.717, 1.165) is 22.4 Å². The standard InChI is InChI=1S/C23H19ClN4O3/c1-2-30-16-6-7-19-14(10-16)11-18(23(29)26-19)21-22(25-12-17-4-3-9-31-17)28-13-15(24)5-8-20(28)27-21/h3-11,13,25H,2,12H2,1H3,(H,26,29). The van der Waals surface area contributed by atoms with Crippen LogP contribution in [0.1, 0.15) is 12.7 Å². The molecule has 156 valence electrons. The number of rotatable bonds is 6. The first-order valence-corrected chi connectivity index (χ1v) is 10.2. The van der Waals surface area contributed by atoms with Crippen LogP contribution in [0.15, 0.2) is 70.2 Å². The van der Waals surface area contributed by atoms with Crippen LogP contribution in [0.25, 0.3) is 27.8 Å². The van der Waals surface area contributed by atoms with Gasteiger partial charge in [0.1, 0.15) is 28.7 Å². The Bertz CT molecular complexity index is 1440. The fourth-order valence-electron chi connectivity index (χ4n) is 3.58. The zero-order chi connectivity index (χ0) is 21.4. The number of ether oxygens (including phenoxy) is 1. The molecular weight excluding hydrogens is 416 g/mol. The summed E-state index contributed by atoms with van der Waals surface area (Å²) in [4.78, 5) is 20.6. The Morgan fingerprint density at radius 3 is 2.94 bits per heavy atom. The van der Waals surface area contributed by atoms with Crippen molar-refractivity contribution in [3.05, 3.63) is 82.1 Å². The number of nitrogens with zero attached hydrogens (tertiary/aromatic N) is 2. The minimum atomic E-state index is -0.229. The maximum atomic E-state index is 13.0. The zero-order valence-electron chi connectivity index (χ0n) is 16.7. The van der Waals surface area contributed by atoms with Crippen LogP contribution in [0.4, 0.5) is 5.82 Å². The lowest BCUT2D eigenvalue weighted by atomic mass is 10.1. The van der Waals surface area contributed by atoms with Gasteiger partial charge in [0, 0.05) is 17.1 Å². The Hall–Kier alpha value is -3.71. The van der Waals surface area contributed by atoms with Gasteiger partial charge in [0.25, 0.3) is 5.56 Å².